The molecule has 0 heterocycles. The fraction of sp³-hybridized carbons (Fsp3) is 0.250. The first-order valence-corrected chi connectivity index (χ1v) is 7.95. The van der Waals surface area contributed by atoms with Crippen LogP contribution in [0.25, 0.3) is 0 Å². The highest BCUT2D eigenvalue weighted by atomic mass is 32.2. The number of nitrogens with zero attached hydrogens (tertiary/aromatic N) is 2. The molecular formula is C16H18N2O4S. The molecule has 2 aromatic carbocycles. The molecule has 23 heavy (non-hydrogen) atoms. The average Bonchev–Trinajstić information content (AvgIpc) is 2.56. The predicted molar refractivity (Wildman–Crippen MR) is 90.0 cm³/mol. The third-order valence-corrected chi connectivity index (χ3v) is 4.29. The van der Waals surface area contributed by atoms with Crippen molar-refractivity contribution in [3.05, 3.63) is 58.6 Å². The lowest BCUT2D eigenvalue weighted by atomic mass is 10.3. The van der Waals surface area contributed by atoms with Crippen molar-refractivity contribution in [1.82, 2.24) is 0 Å². The van der Waals surface area contributed by atoms with Gasteiger partial charge in [-0.15, -0.1) is 0 Å². The average molecular weight is 334 g/mol. The molecule has 0 saturated carbocycles. The molecule has 0 spiro atoms. The number of non-ortho nitro benzene ring substituents is 1. The van der Waals surface area contributed by atoms with E-state index in [1.807, 2.05) is 29.2 Å². The van der Waals surface area contributed by atoms with Crippen LogP contribution in [0.1, 0.15) is 0 Å². The van der Waals surface area contributed by atoms with E-state index in [1.54, 1.807) is 12.1 Å². The normalized spacial score (nSPS) is 10.5. The molecule has 0 aliphatic rings. The van der Waals surface area contributed by atoms with E-state index in [0.717, 1.165) is 15.5 Å². The Morgan fingerprint density at radius 1 is 1.00 bits per heavy atom. The van der Waals surface area contributed by atoms with Gasteiger partial charge in [-0.1, -0.05) is 23.9 Å². The third-order valence-electron chi connectivity index (χ3n) is 3.22. The van der Waals surface area contributed by atoms with Gasteiger partial charge >= 0.3 is 0 Å². The van der Waals surface area contributed by atoms with Crippen LogP contribution in [0.4, 0.5) is 11.4 Å². The first-order chi connectivity index (χ1) is 11.2. The van der Waals surface area contributed by atoms with Crippen LogP contribution in [0, 0.1) is 10.1 Å². The molecule has 0 unspecified atom stereocenters. The van der Waals surface area contributed by atoms with Gasteiger partial charge in [-0.25, -0.2) is 0 Å². The summed E-state index contributed by atoms with van der Waals surface area (Å²) in [6, 6.07) is 14.1. The zero-order valence-corrected chi connectivity index (χ0v) is 13.3. The second-order valence-electron chi connectivity index (χ2n) is 4.76. The monoisotopic (exact) mass is 334 g/mol. The zero-order valence-electron chi connectivity index (χ0n) is 12.5. The molecule has 7 heteroatoms. The Morgan fingerprint density at radius 3 is 2.17 bits per heavy atom. The number of hydrogen-bond donors (Lipinski definition) is 2. The number of aliphatic hydroxyl groups excluding tert-OH is 2. The fourth-order valence-electron chi connectivity index (χ4n) is 2.16. The lowest BCUT2D eigenvalue weighted by molar-refractivity contribution is -0.384. The van der Waals surface area contributed by atoms with Crippen molar-refractivity contribution in [3.8, 4) is 0 Å². The van der Waals surface area contributed by atoms with E-state index in [0.29, 0.717) is 13.1 Å². The molecular weight excluding hydrogens is 316 g/mol. The summed E-state index contributed by atoms with van der Waals surface area (Å²) in [7, 11) is 0. The Kier molecular flexibility index (Phi) is 6.40. The molecule has 0 saturated heterocycles. The van der Waals surface area contributed by atoms with Gasteiger partial charge < -0.3 is 15.1 Å². The van der Waals surface area contributed by atoms with Crippen molar-refractivity contribution < 1.29 is 15.1 Å². The zero-order chi connectivity index (χ0) is 16.7. The molecule has 0 aromatic heterocycles. The number of para-hydroxylation sites is 1. The smallest absolute Gasteiger partial charge is 0.269 e. The summed E-state index contributed by atoms with van der Waals surface area (Å²) in [5.41, 5.74) is 0.976. The molecule has 2 rings (SSSR count). The molecule has 0 aliphatic carbocycles. The van der Waals surface area contributed by atoms with Gasteiger partial charge in [0.15, 0.2) is 0 Å². The standard InChI is InChI=1S/C16H18N2O4S/c19-11-9-17(10-12-20)15-3-1-2-4-16(15)23-14-7-5-13(6-8-14)18(21)22/h1-8,19-20H,9-12H2. The molecule has 0 fully saturated rings. The number of aliphatic hydroxyl groups is 2. The number of nitro benzene ring substituents is 1. The van der Waals surface area contributed by atoms with E-state index in [-0.39, 0.29) is 18.9 Å². The van der Waals surface area contributed by atoms with Crippen LogP contribution in [0.3, 0.4) is 0 Å². The summed E-state index contributed by atoms with van der Waals surface area (Å²) in [6.07, 6.45) is 0. The van der Waals surface area contributed by atoms with Gasteiger partial charge in [-0.3, -0.25) is 10.1 Å². The maximum Gasteiger partial charge on any atom is 0.269 e. The fourth-order valence-corrected chi connectivity index (χ4v) is 3.14. The second kappa shape index (κ2) is 8.52. The van der Waals surface area contributed by atoms with Gasteiger partial charge in [0, 0.05) is 35.0 Å². The predicted octanol–water partition coefficient (Wildman–Crippen LogP) is 2.54. The topological polar surface area (TPSA) is 86.8 Å². The highest BCUT2D eigenvalue weighted by Gasteiger charge is 2.12. The maximum absolute atomic E-state index is 10.7. The van der Waals surface area contributed by atoms with Crippen molar-refractivity contribution >= 4 is 23.1 Å². The lowest BCUT2D eigenvalue weighted by Gasteiger charge is -2.25. The van der Waals surface area contributed by atoms with E-state index in [2.05, 4.69) is 0 Å². The molecule has 2 aromatic rings. The lowest BCUT2D eigenvalue weighted by Crippen LogP contribution is -2.30. The first-order valence-electron chi connectivity index (χ1n) is 7.13. The van der Waals surface area contributed by atoms with Crippen molar-refractivity contribution in [3.63, 3.8) is 0 Å². The molecule has 0 radical (unpaired) electrons. The van der Waals surface area contributed by atoms with Crippen molar-refractivity contribution in [2.24, 2.45) is 0 Å². The highest BCUT2D eigenvalue weighted by Crippen LogP contribution is 2.35. The summed E-state index contributed by atoms with van der Waals surface area (Å²) in [5.74, 6) is 0. The van der Waals surface area contributed by atoms with Crippen molar-refractivity contribution in [2.75, 3.05) is 31.2 Å². The molecule has 122 valence electrons. The van der Waals surface area contributed by atoms with E-state index in [1.165, 1.54) is 23.9 Å². The van der Waals surface area contributed by atoms with E-state index < -0.39 is 4.92 Å². The Bertz CT molecular complexity index is 643. The van der Waals surface area contributed by atoms with E-state index >= 15 is 0 Å². The summed E-state index contributed by atoms with van der Waals surface area (Å²) in [6.45, 7) is 0.851. The minimum absolute atomic E-state index is 0.00344. The Morgan fingerprint density at radius 2 is 1.61 bits per heavy atom. The van der Waals surface area contributed by atoms with Gasteiger partial charge in [0.2, 0.25) is 0 Å². The SMILES string of the molecule is O=[N+]([O-])c1ccc(Sc2ccccc2N(CCO)CCO)cc1. The molecule has 2 N–H and O–H groups in total. The highest BCUT2D eigenvalue weighted by molar-refractivity contribution is 7.99. The van der Waals surface area contributed by atoms with E-state index in [9.17, 15) is 20.3 Å². The number of benzene rings is 2. The minimum Gasteiger partial charge on any atom is -0.395 e. The molecule has 0 aliphatic heterocycles. The number of anilines is 1. The minimum atomic E-state index is -0.424. The second-order valence-corrected chi connectivity index (χ2v) is 5.87. The van der Waals surface area contributed by atoms with Crippen LogP contribution in [0.2, 0.25) is 0 Å². The van der Waals surface area contributed by atoms with Crippen LogP contribution in [0.15, 0.2) is 58.3 Å². The van der Waals surface area contributed by atoms with Crippen molar-refractivity contribution in [1.29, 1.82) is 0 Å². The molecule has 6 nitrogen and oxygen atoms in total. The third kappa shape index (κ3) is 4.69. The Hall–Kier alpha value is -2.09. The van der Waals surface area contributed by atoms with Crippen LogP contribution in [0.5, 0.6) is 0 Å². The van der Waals surface area contributed by atoms with Gasteiger partial charge in [0.25, 0.3) is 5.69 Å². The molecule has 0 amide bonds. The van der Waals surface area contributed by atoms with Gasteiger partial charge in [-0.2, -0.15) is 0 Å². The Labute approximate surface area is 138 Å². The van der Waals surface area contributed by atoms with Gasteiger partial charge in [0.1, 0.15) is 0 Å². The van der Waals surface area contributed by atoms with Crippen LogP contribution < -0.4 is 4.90 Å². The van der Waals surface area contributed by atoms with E-state index in [4.69, 9.17) is 0 Å². The van der Waals surface area contributed by atoms with Gasteiger partial charge in [-0.05, 0) is 24.3 Å². The maximum atomic E-state index is 10.7. The molecule has 0 atom stereocenters. The summed E-state index contributed by atoms with van der Waals surface area (Å²) in [4.78, 5) is 14.0. The Balaban J connectivity index is 2.23. The summed E-state index contributed by atoms with van der Waals surface area (Å²) >= 11 is 1.49. The van der Waals surface area contributed by atoms with Gasteiger partial charge in [0.05, 0.1) is 23.8 Å². The quantitative estimate of drug-likeness (QED) is 0.570. The summed E-state index contributed by atoms with van der Waals surface area (Å²) < 4.78 is 0. The largest absolute Gasteiger partial charge is 0.395 e. The van der Waals surface area contributed by atoms with Crippen LogP contribution in [-0.2, 0) is 0 Å². The van der Waals surface area contributed by atoms with Crippen LogP contribution >= 0.6 is 11.8 Å². The first kappa shape index (κ1) is 17.3. The number of hydrogen-bond acceptors (Lipinski definition) is 6. The van der Waals surface area contributed by atoms with Crippen LogP contribution in [-0.4, -0.2) is 41.4 Å². The number of nitro groups is 1. The molecule has 0 bridgehead atoms. The summed E-state index contributed by atoms with van der Waals surface area (Å²) in [5, 5.41) is 29.1. The van der Waals surface area contributed by atoms with Crippen molar-refractivity contribution in [2.45, 2.75) is 9.79 Å². The number of rotatable bonds is 8.